The van der Waals surface area contributed by atoms with Gasteiger partial charge in [0.05, 0.1) is 0 Å². The second kappa shape index (κ2) is 2.96. The minimum atomic E-state index is -0.0275. The van der Waals surface area contributed by atoms with Gasteiger partial charge in [0.1, 0.15) is 5.75 Å². The number of ketones is 1. The Morgan fingerprint density at radius 1 is 1.55 bits per heavy atom. The quantitative estimate of drug-likeness (QED) is 0.496. The second-order valence-corrected chi connectivity index (χ2v) is 2.74. The van der Waals surface area contributed by atoms with Crippen molar-refractivity contribution < 1.29 is 9.90 Å². The number of benzene rings is 1. The lowest BCUT2D eigenvalue weighted by atomic mass is 10.1. The number of thiol groups is 1. The summed E-state index contributed by atoms with van der Waals surface area (Å²) in [6.07, 6.45) is 0. The molecule has 0 saturated carbocycles. The van der Waals surface area contributed by atoms with Gasteiger partial charge in [-0.25, -0.2) is 0 Å². The average molecular weight is 168 g/mol. The molecule has 0 aliphatic heterocycles. The van der Waals surface area contributed by atoms with E-state index in [4.69, 9.17) is 5.11 Å². The van der Waals surface area contributed by atoms with Gasteiger partial charge in [0, 0.05) is 10.5 Å². The van der Waals surface area contributed by atoms with Crippen molar-refractivity contribution in [1.29, 1.82) is 0 Å². The summed E-state index contributed by atoms with van der Waals surface area (Å²) >= 11 is 3.96. The maximum Gasteiger partial charge on any atom is 0.159 e. The largest absolute Gasteiger partial charge is 0.507 e. The van der Waals surface area contributed by atoms with Crippen molar-refractivity contribution >= 4 is 18.4 Å². The van der Waals surface area contributed by atoms with Crippen LogP contribution in [0.15, 0.2) is 23.1 Å². The van der Waals surface area contributed by atoms with E-state index in [-0.39, 0.29) is 11.5 Å². The van der Waals surface area contributed by atoms with Crippen LogP contribution in [0.4, 0.5) is 0 Å². The number of rotatable bonds is 1. The number of aromatic hydroxyl groups is 1. The van der Waals surface area contributed by atoms with E-state index in [1.54, 1.807) is 12.1 Å². The van der Waals surface area contributed by atoms with Crippen LogP contribution in [0.1, 0.15) is 17.3 Å². The topological polar surface area (TPSA) is 37.3 Å². The summed E-state index contributed by atoms with van der Waals surface area (Å²) in [7, 11) is 0. The van der Waals surface area contributed by atoms with E-state index >= 15 is 0 Å². The van der Waals surface area contributed by atoms with Crippen molar-refractivity contribution in [2.45, 2.75) is 11.8 Å². The van der Waals surface area contributed by atoms with Gasteiger partial charge in [-0.1, -0.05) is 0 Å². The van der Waals surface area contributed by atoms with Crippen LogP contribution in [0.25, 0.3) is 0 Å². The molecule has 0 unspecified atom stereocenters. The van der Waals surface area contributed by atoms with Gasteiger partial charge in [0.2, 0.25) is 0 Å². The fourth-order valence-electron chi connectivity index (χ4n) is 0.742. The molecule has 0 fully saturated rings. The van der Waals surface area contributed by atoms with Gasteiger partial charge in [0.15, 0.2) is 5.78 Å². The Morgan fingerprint density at radius 2 is 2.18 bits per heavy atom. The Labute approximate surface area is 70.3 Å². The third-order valence-electron chi connectivity index (χ3n) is 1.38. The summed E-state index contributed by atoms with van der Waals surface area (Å²) < 4.78 is 0. The Morgan fingerprint density at radius 3 is 2.64 bits per heavy atom. The van der Waals surface area contributed by atoms with E-state index in [9.17, 15) is 4.79 Å². The Hall–Kier alpha value is -0.960. The summed E-state index contributed by atoms with van der Waals surface area (Å²) in [6, 6.07) is 4.57. The summed E-state index contributed by atoms with van der Waals surface area (Å²) in [6.45, 7) is 1.47. The molecule has 1 aromatic rings. The third kappa shape index (κ3) is 1.74. The smallest absolute Gasteiger partial charge is 0.159 e. The van der Waals surface area contributed by atoms with E-state index in [2.05, 4.69) is 12.6 Å². The summed E-state index contributed by atoms with van der Waals surface area (Å²) in [5.74, 6) is 0.0682. The van der Waals surface area contributed by atoms with Gasteiger partial charge >= 0.3 is 0 Å². The number of phenolic OH excluding ortho intramolecular Hbond substituents is 1. The van der Waals surface area contributed by atoms with Crippen LogP contribution < -0.4 is 0 Å². The highest BCUT2D eigenvalue weighted by atomic mass is 32.1. The standard InChI is InChI=1S/C8H8O2S/c1-5(9)6-2-3-7(10)8(11)4-6/h2-4,10-11H,1H3. The molecule has 58 valence electrons. The number of Topliss-reactive ketones (excluding diaryl/α,β-unsaturated/α-hetero) is 1. The normalized spacial score (nSPS) is 9.64. The molecule has 0 bridgehead atoms. The van der Waals surface area contributed by atoms with Gasteiger partial charge < -0.3 is 5.11 Å². The van der Waals surface area contributed by atoms with E-state index in [1.165, 1.54) is 13.0 Å². The van der Waals surface area contributed by atoms with Crippen LogP contribution in [0.2, 0.25) is 0 Å². The highest BCUT2D eigenvalue weighted by molar-refractivity contribution is 7.80. The number of phenols is 1. The maximum atomic E-state index is 10.8. The molecule has 2 nitrogen and oxygen atoms in total. The zero-order chi connectivity index (χ0) is 8.43. The molecule has 1 rings (SSSR count). The fourth-order valence-corrected chi connectivity index (χ4v) is 0.956. The van der Waals surface area contributed by atoms with Crippen molar-refractivity contribution in [2.24, 2.45) is 0 Å². The minimum absolute atomic E-state index is 0.0275. The molecule has 0 atom stereocenters. The van der Waals surface area contributed by atoms with Gasteiger partial charge in [-0.2, -0.15) is 0 Å². The molecule has 0 aromatic heterocycles. The molecular weight excluding hydrogens is 160 g/mol. The highest BCUT2D eigenvalue weighted by Gasteiger charge is 2.01. The van der Waals surface area contributed by atoms with Crippen LogP contribution >= 0.6 is 12.6 Å². The zero-order valence-corrected chi connectivity index (χ0v) is 6.93. The monoisotopic (exact) mass is 168 g/mol. The predicted octanol–water partition coefficient (Wildman–Crippen LogP) is 1.88. The van der Waals surface area contributed by atoms with Crippen LogP contribution in [0, 0.1) is 0 Å². The molecule has 11 heavy (non-hydrogen) atoms. The van der Waals surface area contributed by atoms with Gasteiger partial charge in [-0.05, 0) is 25.1 Å². The van der Waals surface area contributed by atoms with E-state index < -0.39 is 0 Å². The average Bonchev–Trinajstić information content (AvgIpc) is 1.94. The number of carbonyl (C=O) groups is 1. The Balaban J connectivity index is 3.15. The summed E-state index contributed by atoms with van der Waals surface area (Å²) in [5.41, 5.74) is 0.563. The molecule has 3 heteroatoms. The molecule has 0 heterocycles. The number of carbonyl (C=O) groups excluding carboxylic acids is 1. The van der Waals surface area contributed by atoms with E-state index in [0.717, 1.165) is 0 Å². The van der Waals surface area contributed by atoms with Gasteiger partial charge in [-0.3, -0.25) is 4.79 Å². The zero-order valence-electron chi connectivity index (χ0n) is 6.03. The first-order chi connectivity index (χ1) is 5.11. The summed E-state index contributed by atoms with van der Waals surface area (Å²) in [5, 5.41) is 9.04. The molecule has 0 aliphatic rings. The molecule has 0 saturated heterocycles. The number of hydrogen-bond acceptors (Lipinski definition) is 3. The van der Waals surface area contributed by atoms with Crippen molar-refractivity contribution in [1.82, 2.24) is 0 Å². The fraction of sp³-hybridized carbons (Fsp3) is 0.125. The molecule has 0 radical (unpaired) electrons. The van der Waals surface area contributed by atoms with Crippen molar-refractivity contribution in [2.75, 3.05) is 0 Å². The molecular formula is C8H8O2S. The second-order valence-electron chi connectivity index (χ2n) is 2.26. The van der Waals surface area contributed by atoms with Crippen LogP contribution in [-0.2, 0) is 0 Å². The van der Waals surface area contributed by atoms with Crippen molar-refractivity contribution in [3.05, 3.63) is 23.8 Å². The summed E-state index contributed by atoms with van der Waals surface area (Å²) in [4.78, 5) is 11.2. The van der Waals surface area contributed by atoms with Gasteiger partial charge in [-0.15, -0.1) is 12.6 Å². The molecule has 1 aromatic carbocycles. The highest BCUT2D eigenvalue weighted by Crippen LogP contribution is 2.21. The van der Waals surface area contributed by atoms with E-state index in [0.29, 0.717) is 10.5 Å². The molecule has 0 aliphatic carbocycles. The van der Waals surface area contributed by atoms with Crippen molar-refractivity contribution in [3.63, 3.8) is 0 Å². The maximum absolute atomic E-state index is 10.8. The SMILES string of the molecule is CC(=O)c1ccc(O)c(S)c1. The lowest BCUT2D eigenvalue weighted by Gasteiger charge is -1.98. The van der Waals surface area contributed by atoms with Gasteiger partial charge in [0.25, 0.3) is 0 Å². The van der Waals surface area contributed by atoms with Crippen LogP contribution in [0.5, 0.6) is 5.75 Å². The first kappa shape index (κ1) is 8.14. The van der Waals surface area contributed by atoms with Crippen LogP contribution in [-0.4, -0.2) is 10.9 Å². The lowest BCUT2D eigenvalue weighted by molar-refractivity contribution is 0.101. The minimum Gasteiger partial charge on any atom is -0.507 e. The van der Waals surface area contributed by atoms with E-state index in [1.807, 2.05) is 0 Å². The van der Waals surface area contributed by atoms with Crippen LogP contribution in [0.3, 0.4) is 0 Å². The predicted molar refractivity (Wildman–Crippen MR) is 45.4 cm³/mol. The lowest BCUT2D eigenvalue weighted by Crippen LogP contribution is -1.90. The van der Waals surface area contributed by atoms with Crippen molar-refractivity contribution in [3.8, 4) is 5.75 Å². The first-order valence-electron chi connectivity index (χ1n) is 3.14. The third-order valence-corrected chi connectivity index (χ3v) is 1.74. The molecule has 1 N–H and O–H groups in total. The molecule has 0 spiro atoms. The number of hydrogen-bond donors (Lipinski definition) is 2. The molecule has 0 amide bonds. The first-order valence-corrected chi connectivity index (χ1v) is 3.59. The Bertz CT molecular complexity index is 294. The Kier molecular flexibility index (Phi) is 2.19.